The van der Waals surface area contributed by atoms with Crippen LogP contribution >= 0.6 is 0 Å². The zero-order chi connectivity index (χ0) is 15.6. The lowest BCUT2D eigenvalue weighted by atomic mass is 9.85. The molecule has 1 saturated carbocycles. The quantitative estimate of drug-likeness (QED) is 0.663. The number of amides is 2. The van der Waals surface area contributed by atoms with Gasteiger partial charge in [-0.15, -0.1) is 0 Å². The van der Waals surface area contributed by atoms with E-state index in [0.29, 0.717) is 5.92 Å². The van der Waals surface area contributed by atoms with Gasteiger partial charge in [0.25, 0.3) is 0 Å². The number of nitrogens with zero attached hydrogens (tertiary/aromatic N) is 1. The van der Waals surface area contributed by atoms with E-state index < -0.39 is 5.54 Å². The Bertz CT molecular complexity index is 340. The molecule has 2 atom stereocenters. The topological polar surface area (TPSA) is 64.6 Å². The van der Waals surface area contributed by atoms with Crippen molar-refractivity contribution in [2.24, 2.45) is 11.3 Å². The molecule has 2 amide bonds. The highest BCUT2D eigenvalue weighted by molar-refractivity contribution is 5.75. The number of nitrogens with one attached hydrogen (secondary N) is 2. The van der Waals surface area contributed by atoms with Crippen LogP contribution < -0.4 is 10.6 Å². The van der Waals surface area contributed by atoms with Gasteiger partial charge in [0.1, 0.15) is 0 Å². The number of hydrogen-bond acceptors (Lipinski definition) is 3. The summed E-state index contributed by atoms with van der Waals surface area (Å²) < 4.78 is 0. The van der Waals surface area contributed by atoms with Crippen molar-refractivity contribution in [3.63, 3.8) is 0 Å². The van der Waals surface area contributed by atoms with E-state index in [1.165, 1.54) is 0 Å². The van der Waals surface area contributed by atoms with E-state index >= 15 is 0 Å². The summed E-state index contributed by atoms with van der Waals surface area (Å²) >= 11 is 0. The van der Waals surface area contributed by atoms with Crippen molar-refractivity contribution >= 4 is 6.03 Å². The van der Waals surface area contributed by atoms with Crippen molar-refractivity contribution in [3.8, 4) is 0 Å². The summed E-state index contributed by atoms with van der Waals surface area (Å²) in [7, 11) is 4.06. The largest absolute Gasteiger partial charge is 0.394 e. The molecule has 0 aromatic carbocycles. The molecule has 2 unspecified atom stereocenters. The molecule has 0 spiro atoms. The molecule has 1 rings (SSSR count). The molecule has 3 N–H and O–H groups in total. The minimum atomic E-state index is -0.491. The summed E-state index contributed by atoms with van der Waals surface area (Å²) in [6.07, 6.45) is 2.16. The minimum Gasteiger partial charge on any atom is -0.394 e. The Morgan fingerprint density at radius 2 is 1.90 bits per heavy atom. The lowest BCUT2D eigenvalue weighted by Gasteiger charge is -2.36. The van der Waals surface area contributed by atoms with Crippen LogP contribution in [-0.4, -0.2) is 54.9 Å². The lowest BCUT2D eigenvalue weighted by molar-refractivity contribution is 0.145. The van der Waals surface area contributed by atoms with Crippen LogP contribution in [0.2, 0.25) is 0 Å². The maximum atomic E-state index is 12.1. The minimum absolute atomic E-state index is 0.0133. The van der Waals surface area contributed by atoms with E-state index in [1.54, 1.807) is 0 Å². The summed E-state index contributed by atoms with van der Waals surface area (Å²) in [4.78, 5) is 14.3. The average molecular weight is 285 g/mol. The fourth-order valence-electron chi connectivity index (χ4n) is 2.63. The number of hydrogen-bond donors (Lipinski definition) is 3. The third-order valence-electron chi connectivity index (χ3n) is 4.45. The summed E-state index contributed by atoms with van der Waals surface area (Å²) in [5, 5.41) is 15.5. The predicted molar refractivity (Wildman–Crippen MR) is 81.7 cm³/mol. The van der Waals surface area contributed by atoms with Crippen LogP contribution in [-0.2, 0) is 0 Å². The number of aliphatic hydroxyl groups excluding tert-OH is 1. The van der Waals surface area contributed by atoms with Gasteiger partial charge in [0.05, 0.1) is 12.1 Å². The van der Waals surface area contributed by atoms with Gasteiger partial charge in [0, 0.05) is 12.6 Å². The van der Waals surface area contributed by atoms with Crippen molar-refractivity contribution in [3.05, 3.63) is 0 Å². The van der Waals surface area contributed by atoms with Crippen LogP contribution in [0.15, 0.2) is 0 Å². The molecule has 5 heteroatoms. The maximum absolute atomic E-state index is 12.1. The van der Waals surface area contributed by atoms with Gasteiger partial charge in [0.2, 0.25) is 0 Å². The molecule has 0 bridgehead atoms. The third-order valence-corrected chi connectivity index (χ3v) is 4.45. The van der Waals surface area contributed by atoms with E-state index in [0.717, 1.165) is 19.4 Å². The van der Waals surface area contributed by atoms with Gasteiger partial charge in [-0.1, -0.05) is 13.8 Å². The molecule has 0 radical (unpaired) electrons. The lowest BCUT2D eigenvalue weighted by Crippen LogP contribution is -2.57. The summed E-state index contributed by atoms with van der Waals surface area (Å²) in [6, 6.07) is -0.139. The van der Waals surface area contributed by atoms with Crippen LogP contribution in [0.4, 0.5) is 4.79 Å². The Hall–Kier alpha value is -0.810. The molecular weight excluding hydrogens is 254 g/mol. The van der Waals surface area contributed by atoms with Gasteiger partial charge in [-0.25, -0.2) is 4.79 Å². The van der Waals surface area contributed by atoms with E-state index in [4.69, 9.17) is 0 Å². The number of urea groups is 1. The first-order valence-electron chi connectivity index (χ1n) is 7.45. The highest BCUT2D eigenvalue weighted by atomic mass is 16.3. The fraction of sp³-hybridized carbons (Fsp3) is 0.933. The van der Waals surface area contributed by atoms with Crippen molar-refractivity contribution in [1.29, 1.82) is 0 Å². The summed E-state index contributed by atoms with van der Waals surface area (Å²) in [6.45, 7) is 9.11. The first-order valence-corrected chi connectivity index (χ1v) is 7.45. The number of aliphatic hydroxyl groups is 1. The summed E-state index contributed by atoms with van der Waals surface area (Å²) in [5.74, 6) is 0.406. The van der Waals surface area contributed by atoms with Gasteiger partial charge in [-0.3, -0.25) is 0 Å². The number of carbonyl (C=O) groups is 1. The zero-order valence-electron chi connectivity index (χ0n) is 13.8. The highest BCUT2D eigenvalue weighted by Gasteiger charge is 2.42. The number of rotatable bonds is 7. The van der Waals surface area contributed by atoms with Crippen LogP contribution in [0.5, 0.6) is 0 Å². The normalized spacial score (nSPS) is 20.4. The summed E-state index contributed by atoms with van der Waals surface area (Å²) in [5.41, 5.74) is -0.508. The maximum Gasteiger partial charge on any atom is 0.315 e. The highest BCUT2D eigenvalue weighted by Crippen LogP contribution is 2.39. The third kappa shape index (κ3) is 4.63. The molecule has 0 saturated heterocycles. The molecule has 20 heavy (non-hydrogen) atoms. The van der Waals surface area contributed by atoms with Crippen LogP contribution in [0.25, 0.3) is 0 Å². The standard InChI is InChI=1S/C15H31N3O2/c1-11(14(2,3)9-18(5)6)16-13(20)17-15(4,10-19)12-7-8-12/h11-12,19H,7-10H2,1-6H3,(H2,16,17,20). The number of carbonyl (C=O) groups excluding carboxylic acids is 1. The van der Waals surface area contributed by atoms with Gasteiger partial charge in [0.15, 0.2) is 0 Å². The molecular formula is C15H31N3O2. The van der Waals surface area contributed by atoms with Crippen molar-refractivity contribution in [1.82, 2.24) is 15.5 Å². The second-order valence-electron chi connectivity index (χ2n) is 7.40. The first-order chi connectivity index (χ1) is 9.10. The molecule has 1 fully saturated rings. The predicted octanol–water partition coefficient (Wildman–Crippen LogP) is 1.42. The Kier molecular flexibility index (Phi) is 5.44. The molecule has 1 aliphatic carbocycles. The van der Waals surface area contributed by atoms with E-state index in [9.17, 15) is 9.90 Å². The van der Waals surface area contributed by atoms with Crippen LogP contribution in [0.3, 0.4) is 0 Å². The van der Waals surface area contributed by atoms with E-state index in [2.05, 4.69) is 29.4 Å². The second-order valence-corrected chi connectivity index (χ2v) is 7.40. The van der Waals surface area contributed by atoms with Crippen LogP contribution in [0.1, 0.15) is 40.5 Å². The monoisotopic (exact) mass is 285 g/mol. The molecule has 0 heterocycles. The molecule has 1 aliphatic rings. The van der Waals surface area contributed by atoms with Gasteiger partial charge < -0.3 is 20.6 Å². The molecule has 0 aromatic heterocycles. The Labute approximate surface area is 123 Å². The molecule has 0 aliphatic heterocycles. The van der Waals surface area contributed by atoms with E-state index in [1.807, 2.05) is 27.9 Å². The van der Waals surface area contributed by atoms with E-state index in [-0.39, 0.29) is 24.1 Å². The van der Waals surface area contributed by atoms with Gasteiger partial charge in [-0.05, 0) is 52.1 Å². The zero-order valence-corrected chi connectivity index (χ0v) is 13.8. The molecule has 5 nitrogen and oxygen atoms in total. The van der Waals surface area contributed by atoms with Gasteiger partial charge in [-0.2, -0.15) is 0 Å². The molecule has 118 valence electrons. The first kappa shape index (κ1) is 17.2. The molecule has 0 aromatic rings. The fourth-order valence-corrected chi connectivity index (χ4v) is 2.63. The second kappa shape index (κ2) is 6.31. The average Bonchev–Trinajstić information content (AvgIpc) is 3.10. The van der Waals surface area contributed by atoms with Crippen molar-refractivity contribution in [2.75, 3.05) is 27.2 Å². The smallest absolute Gasteiger partial charge is 0.315 e. The van der Waals surface area contributed by atoms with Crippen molar-refractivity contribution in [2.45, 2.75) is 52.1 Å². The Balaban J connectivity index is 2.52. The van der Waals surface area contributed by atoms with Gasteiger partial charge >= 0.3 is 6.03 Å². The Morgan fingerprint density at radius 1 is 1.35 bits per heavy atom. The Morgan fingerprint density at radius 3 is 2.30 bits per heavy atom. The van der Waals surface area contributed by atoms with Crippen LogP contribution in [0, 0.1) is 11.3 Å². The SMILES string of the molecule is CC(NC(=O)NC(C)(CO)C1CC1)C(C)(C)CN(C)C. The van der Waals surface area contributed by atoms with Crippen molar-refractivity contribution < 1.29 is 9.90 Å².